The molecule has 1 atom stereocenters. The first-order chi connectivity index (χ1) is 9.90. The van der Waals surface area contributed by atoms with Crippen molar-refractivity contribution in [2.75, 3.05) is 25.6 Å². The number of hydrogen-bond acceptors (Lipinski definition) is 3. The highest BCUT2D eigenvalue weighted by molar-refractivity contribution is 5.89. The summed E-state index contributed by atoms with van der Waals surface area (Å²) in [7, 11) is 1.57. The quantitative estimate of drug-likeness (QED) is 0.724. The fraction of sp³-hybridized carbons (Fsp3) is 0.562. The zero-order valence-corrected chi connectivity index (χ0v) is 13.3. The van der Waals surface area contributed by atoms with Crippen molar-refractivity contribution >= 4 is 11.7 Å². The molecule has 1 aromatic carbocycles. The Morgan fingerprint density at radius 1 is 1.43 bits per heavy atom. The molecule has 1 aromatic rings. The maximum atomic E-state index is 12.1. The lowest BCUT2D eigenvalue weighted by molar-refractivity contribution is 0.104. The first kappa shape index (κ1) is 17.5. The number of ether oxygens (including phenoxy) is 1. The normalized spacial score (nSPS) is 13.8. The lowest BCUT2D eigenvalue weighted by Gasteiger charge is -2.29. The zero-order valence-electron chi connectivity index (χ0n) is 13.3. The van der Waals surface area contributed by atoms with Gasteiger partial charge in [-0.15, -0.1) is 0 Å². The molecule has 0 saturated carbocycles. The molecule has 0 aliphatic carbocycles. The number of hydrogen-bond donors (Lipinski definition) is 3. The molecule has 0 bridgehead atoms. The van der Waals surface area contributed by atoms with E-state index in [1.807, 2.05) is 31.2 Å². The molecule has 3 N–H and O–H groups in total. The summed E-state index contributed by atoms with van der Waals surface area (Å²) in [5.41, 5.74) is 1.33. The Morgan fingerprint density at radius 3 is 2.71 bits per heavy atom. The molecule has 1 rings (SSSR count). The lowest BCUT2D eigenvalue weighted by atomic mass is 10.00. The average molecular weight is 294 g/mol. The number of urea groups is 1. The Labute approximate surface area is 126 Å². The number of carbonyl (C=O) groups is 1. The van der Waals surface area contributed by atoms with Gasteiger partial charge in [0.1, 0.15) is 0 Å². The van der Waals surface area contributed by atoms with Crippen LogP contribution in [0.25, 0.3) is 0 Å². The standard InChI is InChI=1S/C16H26N2O3/c1-12(2)13-6-5-7-14(10-13)17-15(20)18-16(3,8-9-19)11-21-4/h5-7,10,12,19H,8-9,11H2,1-4H3,(H2,17,18,20). The molecular weight excluding hydrogens is 268 g/mol. The molecule has 5 nitrogen and oxygen atoms in total. The summed E-state index contributed by atoms with van der Waals surface area (Å²) in [6.45, 7) is 6.39. The molecule has 0 saturated heterocycles. The highest BCUT2D eigenvalue weighted by atomic mass is 16.5. The molecule has 0 heterocycles. The summed E-state index contributed by atoms with van der Waals surface area (Å²) in [6, 6.07) is 7.47. The summed E-state index contributed by atoms with van der Waals surface area (Å²) in [5, 5.41) is 14.8. The molecule has 2 amide bonds. The molecule has 0 radical (unpaired) electrons. The monoisotopic (exact) mass is 294 g/mol. The summed E-state index contributed by atoms with van der Waals surface area (Å²) >= 11 is 0. The Morgan fingerprint density at radius 2 is 2.14 bits per heavy atom. The first-order valence-electron chi connectivity index (χ1n) is 7.19. The minimum absolute atomic E-state index is 0.0109. The van der Waals surface area contributed by atoms with Crippen molar-refractivity contribution in [3.8, 4) is 0 Å². The minimum Gasteiger partial charge on any atom is -0.396 e. The molecule has 0 aliphatic rings. The number of aliphatic hydroxyl groups excluding tert-OH is 1. The van der Waals surface area contributed by atoms with Crippen molar-refractivity contribution in [2.45, 2.75) is 38.6 Å². The van der Waals surface area contributed by atoms with Gasteiger partial charge in [-0.25, -0.2) is 4.79 Å². The predicted octanol–water partition coefficient (Wildman–Crippen LogP) is 2.72. The number of carbonyl (C=O) groups excluding carboxylic acids is 1. The summed E-state index contributed by atoms with van der Waals surface area (Å²) in [6.07, 6.45) is 0.431. The van der Waals surface area contributed by atoms with Gasteiger partial charge in [0.15, 0.2) is 0 Å². The summed E-state index contributed by atoms with van der Waals surface area (Å²) in [5.74, 6) is 0.406. The molecule has 1 unspecified atom stereocenters. The van der Waals surface area contributed by atoms with Crippen molar-refractivity contribution < 1.29 is 14.6 Å². The third-order valence-corrected chi connectivity index (χ3v) is 3.35. The van der Waals surface area contributed by atoms with Gasteiger partial charge < -0.3 is 20.5 Å². The fourth-order valence-corrected chi connectivity index (χ4v) is 2.15. The van der Waals surface area contributed by atoms with Crippen molar-refractivity contribution in [3.05, 3.63) is 29.8 Å². The van der Waals surface area contributed by atoms with Crippen LogP contribution in [0.3, 0.4) is 0 Å². The van der Waals surface area contributed by atoms with Gasteiger partial charge in [-0.3, -0.25) is 0 Å². The van der Waals surface area contributed by atoms with E-state index >= 15 is 0 Å². The van der Waals surface area contributed by atoms with Gasteiger partial charge in [0.25, 0.3) is 0 Å². The second kappa shape index (κ2) is 8.00. The minimum atomic E-state index is -0.594. The van der Waals surface area contributed by atoms with Crippen LogP contribution in [0.1, 0.15) is 38.7 Å². The van der Waals surface area contributed by atoms with E-state index in [4.69, 9.17) is 9.84 Å². The number of benzene rings is 1. The van der Waals surface area contributed by atoms with Crippen LogP contribution in [0, 0.1) is 0 Å². The highest BCUT2D eigenvalue weighted by Crippen LogP contribution is 2.18. The van der Waals surface area contributed by atoms with Crippen LogP contribution in [0.4, 0.5) is 10.5 Å². The second-order valence-electron chi connectivity index (χ2n) is 5.83. The van der Waals surface area contributed by atoms with Gasteiger partial charge in [-0.1, -0.05) is 26.0 Å². The third-order valence-electron chi connectivity index (χ3n) is 3.35. The Bertz CT molecular complexity index is 455. The van der Waals surface area contributed by atoms with Gasteiger partial charge in [0.2, 0.25) is 0 Å². The Hall–Kier alpha value is -1.59. The molecular formula is C16H26N2O3. The van der Waals surface area contributed by atoms with E-state index in [0.717, 1.165) is 5.69 Å². The van der Waals surface area contributed by atoms with Crippen LogP contribution in [0.2, 0.25) is 0 Å². The molecule has 0 aromatic heterocycles. The van der Waals surface area contributed by atoms with Gasteiger partial charge in [-0.2, -0.15) is 0 Å². The van der Waals surface area contributed by atoms with E-state index in [0.29, 0.717) is 18.9 Å². The maximum Gasteiger partial charge on any atom is 0.319 e. The molecule has 21 heavy (non-hydrogen) atoms. The summed E-state index contributed by atoms with van der Waals surface area (Å²) < 4.78 is 5.11. The van der Waals surface area contributed by atoms with E-state index < -0.39 is 5.54 Å². The second-order valence-corrected chi connectivity index (χ2v) is 5.83. The Kier molecular flexibility index (Phi) is 6.65. The van der Waals surface area contributed by atoms with Crippen molar-refractivity contribution in [1.29, 1.82) is 0 Å². The van der Waals surface area contributed by atoms with Crippen LogP contribution < -0.4 is 10.6 Å². The van der Waals surface area contributed by atoms with Crippen LogP contribution in [0.15, 0.2) is 24.3 Å². The van der Waals surface area contributed by atoms with Crippen LogP contribution in [-0.4, -0.2) is 37.0 Å². The molecule has 0 spiro atoms. The SMILES string of the molecule is COCC(C)(CCO)NC(=O)Nc1cccc(C(C)C)c1. The first-order valence-corrected chi connectivity index (χ1v) is 7.19. The summed E-state index contributed by atoms with van der Waals surface area (Å²) in [4.78, 5) is 12.1. The number of rotatable bonds is 7. The third kappa shape index (κ3) is 5.73. The zero-order chi connectivity index (χ0) is 15.9. The van der Waals surface area contributed by atoms with Gasteiger partial charge in [0, 0.05) is 19.4 Å². The maximum absolute atomic E-state index is 12.1. The number of methoxy groups -OCH3 is 1. The van der Waals surface area contributed by atoms with Gasteiger partial charge in [0.05, 0.1) is 12.1 Å². The topological polar surface area (TPSA) is 70.6 Å². The number of nitrogens with one attached hydrogen (secondary N) is 2. The van der Waals surface area contributed by atoms with Gasteiger partial charge >= 0.3 is 6.03 Å². The van der Waals surface area contributed by atoms with Crippen molar-refractivity contribution in [1.82, 2.24) is 5.32 Å². The number of anilines is 1. The smallest absolute Gasteiger partial charge is 0.319 e. The molecule has 118 valence electrons. The van der Waals surface area contributed by atoms with E-state index in [-0.39, 0.29) is 12.6 Å². The number of aliphatic hydroxyl groups is 1. The van der Waals surface area contributed by atoms with Crippen molar-refractivity contribution in [3.63, 3.8) is 0 Å². The van der Waals surface area contributed by atoms with Crippen LogP contribution >= 0.6 is 0 Å². The van der Waals surface area contributed by atoms with E-state index in [2.05, 4.69) is 24.5 Å². The van der Waals surface area contributed by atoms with E-state index in [9.17, 15) is 4.79 Å². The Balaban J connectivity index is 2.69. The van der Waals surface area contributed by atoms with Crippen molar-refractivity contribution in [2.24, 2.45) is 0 Å². The van der Waals surface area contributed by atoms with E-state index in [1.54, 1.807) is 7.11 Å². The van der Waals surface area contributed by atoms with E-state index in [1.165, 1.54) is 5.56 Å². The molecule has 5 heteroatoms. The van der Waals surface area contributed by atoms with Gasteiger partial charge in [-0.05, 0) is 37.0 Å². The van der Waals surface area contributed by atoms with Crippen LogP contribution in [0.5, 0.6) is 0 Å². The lowest BCUT2D eigenvalue weighted by Crippen LogP contribution is -2.51. The fourth-order valence-electron chi connectivity index (χ4n) is 2.15. The van der Waals surface area contributed by atoms with Crippen LogP contribution in [-0.2, 0) is 4.74 Å². The molecule has 0 aliphatic heterocycles. The largest absolute Gasteiger partial charge is 0.396 e. The average Bonchev–Trinajstić information content (AvgIpc) is 2.38. The number of amides is 2. The highest BCUT2D eigenvalue weighted by Gasteiger charge is 2.25. The molecule has 0 fully saturated rings. The predicted molar refractivity (Wildman–Crippen MR) is 84.7 cm³/mol.